The fourth-order valence-electron chi connectivity index (χ4n) is 1.98. The van der Waals surface area contributed by atoms with E-state index in [-0.39, 0.29) is 0 Å². The number of aldehydes is 1. The Bertz CT molecular complexity index is 368. The molecule has 0 unspecified atom stereocenters. The van der Waals surface area contributed by atoms with Gasteiger partial charge in [0.1, 0.15) is 5.69 Å². The topological polar surface area (TPSA) is 46.9 Å². The van der Waals surface area contributed by atoms with Crippen LogP contribution in [0.1, 0.15) is 36.5 Å². The molecule has 2 heterocycles. The van der Waals surface area contributed by atoms with Crippen LogP contribution < -0.4 is 5.32 Å². The van der Waals surface area contributed by atoms with Crippen molar-refractivity contribution in [3.8, 4) is 0 Å². The Hall–Kier alpha value is -1.32. The lowest BCUT2D eigenvalue weighted by atomic mass is 10.1. The zero-order chi connectivity index (χ0) is 10.8. The zero-order valence-electron chi connectivity index (χ0n) is 9.29. The van der Waals surface area contributed by atoms with Crippen molar-refractivity contribution in [2.45, 2.75) is 33.2 Å². The number of rotatable bonds is 3. The van der Waals surface area contributed by atoms with Gasteiger partial charge >= 0.3 is 0 Å². The molecule has 0 bridgehead atoms. The van der Waals surface area contributed by atoms with Crippen LogP contribution in [0.3, 0.4) is 0 Å². The molecular weight excluding hydrogens is 190 g/mol. The van der Waals surface area contributed by atoms with Gasteiger partial charge in [-0.1, -0.05) is 13.8 Å². The second-order valence-electron chi connectivity index (χ2n) is 4.42. The van der Waals surface area contributed by atoms with Gasteiger partial charge in [0, 0.05) is 13.1 Å². The number of carbonyl (C=O) groups is 1. The highest BCUT2D eigenvalue weighted by Crippen LogP contribution is 2.20. The van der Waals surface area contributed by atoms with E-state index in [9.17, 15) is 4.79 Å². The second kappa shape index (κ2) is 4.04. The number of fused-ring (bicyclic) bond motifs is 1. The minimum absolute atomic E-state index is 0.528. The summed E-state index contributed by atoms with van der Waals surface area (Å²) in [5.41, 5.74) is 1.69. The summed E-state index contributed by atoms with van der Waals surface area (Å²) in [4.78, 5) is 15.5. The van der Waals surface area contributed by atoms with Crippen molar-refractivity contribution in [1.82, 2.24) is 9.55 Å². The summed E-state index contributed by atoms with van der Waals surface area (Å²) in [7, 11) is 0. The number of anilines is 1. The molecule has 0 saturated carbocycles. The summed E-state index contributed by atoms with van der Waals surface area (Å²) in [6.07, 6.45) is 2.86. The van der Waals surface area contributed by atoms with Crippen molar-refractivity contribution in [3.63, 3.8) is 0 Å². The first-order valence-electron chi connectivity index (χ1n) is 5.51. The average Bonchev–Trinajstić information content (AvgIpc) is 2.53. The van der Waals surface area contributed by atoms with Gasteiger partial charge in [-0.2, -0.15) is 0 Å². The van der Waals surface area contributed by atoms with E-state index in [2.05, 4.69) is 24.1 Å². The van der Waals surface area contributed by atoms with Crippen molar-refractivity contribution >= 4 is 12.2 Å². The molecule has 0 atom stereocenters. The predicted octanol–water partition coefficient (Wildman–Crippen LogP) is 1.71. The smallest absolute Gasteiger partial charge is 0.203 e. The molecule has 1 aromatic heterocycles. The zero-order valence-corrected chi connectivity index (χ0v) is 9.29. The number of aromatic nitrogens is 2. The summed E-state index contributed by atoms with van der Waals surface area (Å²) in [6.45, 7) is 6.14. The molecule has 0 fully saturated rings. The molecule has 2 rings (SSSR count). The number of hydrogen-bond donors (Lipinski definition) is 1. The van der Waals surface area contributed by atoms with Crippen molar-refractivity contribution in [2.75, 3.05) is 11.9 Å². The maximum Gasteiger partial charge on any atom is 0.203 e. The molecule has 0 saturated heterocycles. The van der Waals surface area contributed by atoms with Crippen molar-refractivity contribution in [1.29, 1.82) is 0 Å². The van der Waals surface area contributed by atoms with Crippen molar-refractivity contribution in [3.05, 3.63) is 11.4 Å². The van der Waals surface area contributed by atoms with Crippen LogP contribution in [-0.2, 0) is 13.0 Å². The molecule has 1 aliphatic rings. The van der Waals surface area contributed by atoms with E-state index in [4.69, 9.17) is 0 Å². The molecular formula is C11H17N3O. The van der Waals surface area contributed by atoms with E-state index in [0.717, 1.165) is 49.6 Å². The molecule has 0 aromatic carbocycles. The van der Waals surface area contributed by atoms with Crippen LogP contribution in [-0.4, -0.2) is 22.4 Å². The van der Waals surface area contributed by atoms with Gasteiger partial charge in [-0.3, -0.25) is 4.79 Å². The number of nitrogens with zero attached hydrogens (tertiary/aromatic N) is 2. The van der Waals surface area contributed by atoms with Gasteiger partial charge in [-0.25, -0.2) is 4.98 Å². The van der Waals surface area contributed by atoms with E-state index in [0.29, 0.717) is 5.92 Å². The van der Waals surface area contributed by atoms with E-state index < -0.39 is 0 Å². The maximum absolute atomic E-state index is 11.1. The van der Waals surface area contributed by atoms with Crippen LogP contribution in [0.4, 0.5) is 5.95 Å². The first-order chi connectivity index (χ1) is 7.22. The highest BCUT2D eigenvalue weighted by atomic mass is 16.1. The monoisotopic (exact) mass is 207 g/mol. The SMILES string of the molecule is CC(C)Cc1nc2n(c1C=O)CCCN2. The molecule has 0 aliphatic carbocycles. The predicted molar refractivity (Wildman–Crippen MR) is 59.3 cm³/mol. The third kappa shape index (κ3) is 1.89. The standard InChI is InChI=1S/C11H17N3O/c1-8(2)6-9-10(7-15)14-5-3-4-12-11(14)13-9/h7-8H,3-6H2,1-2H3,(H,12,13). The molecule has 0 spiro atoms. The van der Waals surface area contributed by atoms with Crippen LogP contribution in [0.15, 0.2) is 0 Å². The number of imidazole rings is 1. The van der Waals surface area contributed by atoms with Gasteiger partial charge < -0.3 is 9.88 Å². The molecule has 1 aliphatic heterocycles. The Morgan fingerprint density at radius 1 is 1.60 bits per heavy atom. The lowest BCUT2D eigenvalue weighted by Crippen LogP contribution is -2.18. The molecule has 4 heteroatoms. The van der Waals surface area contributed by atoms with Crippen LogP contribution in [0.5, 0.6) is 0 Å². The highest BCUT2D eigenvalue weighted by molar-refractivity contribution is 5.75. The molecule has 4 nitrogen and oxygen atoms in total. The Morgan fingerprint density at radius 2 is 2.40 bits per heavy atom. The van der Waals surface area contributed by atoms with E-state index in [1.165, 1.54) is 0 Å². The van der Waals surface area contributed by atoms with Crippen molar-refractivity contribution in [2.24, 2.45) is 5.92 Å². The molecule has 0 radical (unpaired) electrons. The van der Waals surface area contributed by atoms with Crippen LogP contribution in [0.2, 0.25) is 0 Å². The van der Waals surface area contributed by atoms with Gasteiger partial charge in [0.2, 0.25) is 5.95 Å². The first kappa shape index (κ1) is 10.2. The van der Waals surface area contributed by atoms with E-state index in [1.807, 2.05) is 4.57 Å². The average molecular weight is 207 g/mol. The molecule has 15 heavy (non-hydrogen) atoms. The fourth-order valence-corrected chi connectivity index (χ4v) is 1.98. The highest BCUT2D eigenvalue weighted by Gasteiger charge is 2.19. The summed E-state index contributed by atoms with van der Waals surface area (Å²) < 4.78 is 1.99. The fraction of sp³-hybridized carbons (Fsp3) is 0.636. The number of carbonyl (C=O) groups excluding carboxylic acids is 1. The van der Waals surface area contributed by atoms with Gasteiger partial charge in [0.15, 0.2) is 6.29 Å². The Morgan fingerprint density at radius 3 is 3.07 bits per heavy atom. The lowest BCUT2D eigenvalue weighted by Gasteiger charge is -2.15. The maximum atomic E-state index is 11.1. The molecule has 1 N–H and O–H groups in total. The van der Waals surface area contributed by atoms with Gasteiger partial charge in [-0.05, 0) is 18.8 Å². The summed E-state index contributed by atoms with van der Waals surface area (Å²) in [5, 5.41) is 3.22. The third-order valence-electron chi connectivity index (χ3n) is 2.64. The molecule has 1 aromatic rings. The number of nitrogens with one attached hydrogen (secondary N) is 1. The summed E-state index contributed by atoms with van der Waals surface area (Å²) in [5.74, 6) is 1.39. The van der Waals surface area contributed by atoms with E-state index in [1.54, 1.807) is 0 Å². The van der Waals surface area contributed by atoms with Crippen LogP contribution in [0.25, 0.3) is 0 Å². The van der Waals surface area contributed by atoms with Crippen LogP contribution >= 0.6 is 0 Å². The normalized spacial score (nSPS) is 14.9. The lowest BCUT2D eigenvalue weighted by molar-refractivity contribution is 0.111. The molecule has 0 amide bonds. The number of hydrogen-bond acceptors (Lipinski definition) is 3. The minimum Gasteiger partial charge on any atom is -0.356 e. The summed E-state index contributed by atoms with van der Waals surface area (Å²) >= 11 is 0. The van der Waals surface area contributed by atoms with Gasteiger partial charge in [0.25, 0.3) is 0 Å². The minimum atomic E-state index is 0.528. The van der Waals surface area contributed by atoms with Gasteiger partial charge in [0.05, 0.1) is 5.69 Å². The van der Waals surface area contributed by atoms with E-state index >= 15 is 0 Å². The first-order valence-corrected chi connectivity index (χ1v) is 5.51. The summed E-state index contributed by atoms with van der Waals surface area (Å²) in [6, 6.07) is 0. The van der Waals surface area contributed by atoms with Crippen molar-refractivity contribution < 1.29 is 4.79 Å². The molecule has 82 valence electrons. The third-order valence-corrected chi connectivity index (χ3v) is 2.64. The Labute approximate surface area is 89.7 Å². The Kier molecular flexibility index (Phi) is 2.75. The van der Waals surface area contributed by atoms with Gasteiger partial charge in [-0.15, -0.1) is 0 Å². The Balaban J connectivity index is 2.37. The van der Waals surface area contributed by atoms with Crippen LogP contribution in [0, 0.1) is 5.92 Å². The quantitative estimate of drug-likeness (QED) is 0.767. The second-order valence-corrected chi connectivity index (χ2v) is 4.42. The largest absolute Gasteiger partial charge is 0.356 e.